The van der Waals surface area contributed by atoms with Crippen molar-refractivity contribution in [1.82, 2.24) is 0 Å². The summed E-state index contributed by atoms with van der Waals surface area (Å²) in [6, 6.07) is 18.2. The first-order valence-corrected chi connectivity index (χ1v) is 14.4. The van der Waals surface area contributed by atoms with E-state index in [0.717, 1.165) is 36.0 Å². The van der Waals surface area contributed by atoms with Gasteiger partial charge >= 0.3 is 0 Å². The second-order valence-electron chi connectivity index (χ2n) is 8.80. The predicted octanol–water partition coefficient (Wildman–Crippen LogP) is 6.61. The molecule has 0 saturated heterocycles. The average molecular weight is 561 g/mol. The summed E-state index contributed by atoms with van der Waals surface area (Å²) in [4.78, 5) is 10.0. The number of ether oxygens (including phenoxy) is 3. The second-order valence-corrected chi connectivity index (χ2v) is 10.5. The number of rotatable bonds is 9. The maximum Gasteiger partial charge on any atom is 0.269 e. The van der Waals surface area contributed by atoms with Gasteiger partial charge in [-0.15, -0.1) is 0 Å². The van der Waals surface area contributed by atoms with Crippen molar-refractivity contribution in [2.24, 2.45) is 0 Å². The van der Waals surface area contributed by atoms with Gasteiger partial charge in [-0.25, -0.2) is 8.42 Å². The molecule has 0 bridgehead atoms. The van der Waals surface area contributed by atoms with Crippen molar-refractivity contribution < 1.29 is 27.6 Å². The number of anilines is 1. The molecule has 3 aromatic carbocycles. The van der Waals surface area contributed by atoms with Crippen molar-refractivity contribution >= 4 is 21.4 Å². The van der Waals surface area contributed by atoms with Crippen LogP contribution in [-0.4, -0.2) is 40.9 Å². The molecule has 39 heavy (non-hydrogen) atoms. The van der Waals surface area contributed by atoms with E-state index >= 15 is 0 Å². The minimum atomic E-state index is -3.26. The van der Waals surface area contributed by atoms with Crippen molar-refractivity contribution in [3.63, 3.8) is 0 Å². The molecule has 0 aliphatic carbocycles. The molecule has 0 amide bonds. The monoisotopic (exact) mass is 560 g/mol. The standard InChI is InChI=1S/C10H15NO3S.C10H14O.C9H11NO3/c1-4-8-5-6-10(14-2)9(7-8)11-15(3,12)13;1-8(2)9-4-6-10(11-3)7-5-9;1-3-7-6-8(10(11)12)4-5-9(7)13-2/h5-7,11H,4H2,1-3H3;4-8H,1-3H3;4-6H,3H2,1-2H3. The molecule has 10 heteroatoms. The zero-order chi connectivity index (χ0) is 29.6. The van der Waals surface area contributed by atoms with E-state index in [0.29, 0.717) is 23.1 Å². The van der Waals surface area contributed by atoms with Crippen LogP contribution in [-0.2, 0) is 22.9 Å². The predicted molar refractivity (Wildman–Crippen MR) is 157 cm³/mol. The molecule has 0 aromatic heterocycles. The van der Waals surface area contributed by atoms with E-state index in [2.05, 4.69) is 30.7 Å². The Morgan fingerprint density at radius 3 is 1.87 bits per heavy atom. The second kappa shape index (κ2) is 16.2. The Morgan fingerprint density at radius 1 is 0.846 bits per heavy atom. The summed E-state index contributed by atoms with van der Waals surface area (Å²) in [7, 11) is 1.48. The van der Waals surface area contributed by atoms with Gasteiger partial charge in [0.05, 0.1) is 38.2 Å². The van der Waals surface area contributed by atoms with E-state index in [1.807, 2.05) is 32.0 Å². The topological polar surface area (TPSA) is 117 Å². The summed E-state index contributed by atoms with van der Waals surface area (Å²) < 4.78 is 39.8. The largest absolute Gasteiger partial charge is 0.497 e. The number of nitrogens with one attached hydrogen (secondary N) is 1. The van der Waals surface area contributed by atoms with Gasteiger partial charge in [-0.3, -0.25) is 14.8 Å². The van der Waals surface area contributed by atoms with Crippen LogP contribution >= 0.6 is 0 Å². The maximum absolute atomic E-state index is 11.1. The molecule has 214 valence electrons. The molecule has 0 unspecified atom stereocenters. The first kappa shape index (κ1) is 33.2. The lowest BCUT2D eigenvalue weighted by atomic mass is 10.0. The van der Waals surface area contributed by atoms with Crippen LogP contribution in [0.5, 0.6) is 17.2 Å². The molecular formula is C29H40N2O7S. The molecule has 0 atom stereocenters. The minimum Gasteiger partial charge on any atom is -0.497 e. The number of nitro benzene ring substituents is 1. The van der Waals surface area contributed by atoms with Gasteiger partial charge in [0.1, 0.15) is 17.2 Å². The summed E-state index contributed by atoms with van der Waals surface area (Å²) in [5.41, 5.74) is 3.86. The quantitative estimate of drug-likeness (QED) is 0.231. The highest BCUT2D eigenvalue weighted by atomic mass is 32.2. The van der Waals surface area contributed by atoms with Crippen LogP contribution < -0.4 is 18.9 Å². The van der Waals surface area contributed by atoms with Gasteiger partial charge in [-0.1, -0.05) is 45.9 Å². The Kier molecular flexibility index (Phi) is 13.8. The Balaban J connectivity index is 0.000000296. The molecule has 0 aliphatic rings. The third-order valence-corrected chi connectivity index (χ3v) is 6.20. The lowest BCUT2D eigenvalue weighted by molar-refractivity contribution is -0.384. The molecule has 0 spiro atoms. The Morgan fingerprint density at radius 2 is 1.44 bits per heavy atom. The molecule has 0 aliphatic heterocycles. The molecule has 0 fully saturated rings. The van der Waals surface area contributed by atoms with Crippen LogP contribution in [0, 0.1) is 10.1 Å². The van der Waals surface area contributed by atoms with Crippen LogP contribution in [0.4, 0.5) is 11.4 Å². The van der Waals surface area contributed by atoms with Gasteiger partial charge in [-0.05, 0) is 60.2 Å². The number of nitro groups is 1. The molecule has 3 rings (SSSR count). The Bertz CT molecular complexity index is 1290. The highest BCUT2D eigenvalue weighted by Crippen LogP contribution is 2.26. The van der Waals surface area contributed by atoms with Gasteiger partial charge in [0.2, 0.25) is 10.0 Å². The summed E-state index contributed by atoms with van der Waals surface area (Å²) in [5, 5.41) is 10.4. The number of non-ortho nitro benzene ring substituents is 1. The molecule has 0 radical (unpaired) electrons. The summed E-state index contributed by atoms with van der Waals surface area (Å²) in [5.74, 6) is 2.75. The van der Waals surface area contributed by atoms with Gasteiger partial charge in [0.25, 0.3) is 5.69 Å². The van der Waals surface area contributed by atoms with Gasteiger partial charge in [-0.2, -0.15) is 0 Å². The molecule has 0 heterocycles. The number of benzene rings is 3. The van der Waals surface area contributed by atoms with E-state index in [4.69, 9.17) is 14.2 Å². The fourth-order valence-corrected chi connectivity index (χ4v) is 3.96. The van der Waals surface area contributed by atoms with Gasteiger partial charge in [0, 0.05) is 17.7 Å². The fraction of sp³-hybridized carbons (Fsp3) is 0.379. The van der Waals surface area contributed by atoms with Gasteiger partial charge in [0.15, 0.2) is 0 Å². The summed E-state index contributed by atoms with van der Waals surface area (Å²) >= 11 is 0. The number of hydrogen-bond acceptors (Lipinski definition) is 7. The zero-order valence-corrected chi connectivity index (χ0v) is 24.8. The first-order valence-electron chi connectivity index (χ1n) is 12.5. The molecule has 1 N–H and O–H groups in total. The first-order chi connectivity index (χ1) is 18.4. The van der Waals surface area contributed by atoms with Crippen molar-refractivity contribution in [3.8, 4) is 17.2 Å². The number of sulfonamides is 1. The third kappa shape index (κ3) is 11.6. The van der Waals surface area contributed by atoms with Gasteiger partial charge < -0.3 is 14.2 Å². The normalized spacial score (nSPS) is 10.4. The van der Waals surface area contributed by atoms with Crippen LogP contribution in [0.15, 0.2) is 60.7 Å². The highest BCUT2D eigenvalue weighted by Gasteiger charge is 2.10. The highest BCUT2D eigenvalue weighted by molar-refractivity contribution is 7.92. The molecule has 3 aromatic rings. The third-order valence-electron chi connectivity index (χ3n) is 5.61. The Hall–Kier alpha value is -3.79. The van der Waals surface area contributed by atoms with Crippen molar-refractivity contribution in [1.29, 1.82) is 0 Å². The van der Waals surface area contributed by atoms with Crippen LogP contribution in [0.2, 0.25) is 0 Å². The zero-order valence-electron chi connectivity index (χ0n) is 24.0. The Labute approximate surface area is 232 Å². The van der Waals surface area contributed by atoms with E-state index in [1.165, 1.54) is 18.7 Å². The van der Waals surface area contributed by atoms with Crippen LogP contribution in [0.1, 0.15) is 50.3 Å². The van der Waals surface area contributed by atoms with Crippen LogP contribution in [0.25, 0.3) is 0 Å². The maximum atomic E-state index is 11.1. The number of hydrogen-bond donors (Lipinski definition) is 1. The fourth-order valence-electron chi connectivity index (χ4n) is 3.40. The smallest absolute Gasteiger partial charge is 0.269 e. The van der Waals surface area contributed by atoms with E-state index < -0.39 is 14.9 Å². The number of aryl methyl sites for hydroxylation is 2. The number of nitrogens with zero attached hydrogens (tertiary/aromatic N) is 1. The lowest BCUT2D eigenvalue weighted by Crippen LogP contribution is -2.10. The van der Waals surface area contributed by atoms with E-state index in [9.17, 15) is 18.5 Å². The van der Waals surface area contributed by atoms with Crippen molar-refractivity contribution in [3.05, 3.63) is 87.5 Å². The number of methoxy groups -OCH3 is 3. The van der Waals surface area contributed by atoms with E-state index in [1.54, 1.807) is 38.5 Å². The minimum absolute atomic E-state index is 0.109. The molecule has 0 saturated carbocycles. The summed E-state index contributed by atoms with van der Waals surface area (Å²) in [6.45, 7) is 8.30. The van der Waals surface area contributed by atoms with Crippen molar-refractivity contribution in [2.45, 2.75) is 46.5 Å². The van der Waals surface area contributed by atoms with Crippen molar-refractivity contribution in [2.75, 3.05) is 32.3 Å². The average Bonchev–Trinajstić information content (AvgIpc) is 2.92. The van der Waals surface area contributed by atoms with Crippen LogP contribution in [0.3, 0.4) is 0 Å². The molecular weight excluding hydrogens is 520 g/mol. The summed E-state index contributed by atoms with van der Waals surface area (Å²) in [6.07, 6.45) is 2.69. The SMILES string of the molecule is CCc1cc([N+](=O)[O-])ccc1OC.CCc1ccc(OC)c(NS(C)(=O)=O)c1.COc1ccc(C(C)C)cc1. The lowest BCUT2D eigenvalue weighted by Gasteiger charge is -2.10. The van der Waals surface area contributed by atoms with E-state index in [-0.39, 0.29) is 5.69 Å². The molecule has 9 nitrogen and oxygen atoms in total.